The summed E-state index contributed by atoms with van der Waals surface area (Å²) in [4.78, 5) is 10.7. The first-order valence-electron chi connectivity index (χ1n) is 9.11. The average Bonchev–Trinajstić information content (AvgIpc) is 2.67. The SMILES string of the molecule is CC.COCCOCCOCCOCCC(=O)OC.Cc1cccc(F)c1. The summed E-state index contributed by atoms with van der Waals surface area (Å²) in [6.07, 6.45) is 0.274. The Labute approximate surface area is 162 Å². The molecular weight excluding hydrogens is 355 g/mol. The molecule has 0 amide bonds. The molecule has 0 atom stereocenters. The zero-order chi connectivity index (χ0) is 20.8. The number of hydrogen-bond donors (Lipinski definition) is 0. The van der Waals surface area contributed by atoms with Crippen LogP contribution in [0.4, 0.5) is 4.39 Å². The van der Waals surface area contributed by atoms with Gasteiger partial charge in [-0.15, -0.1) is 0 Å². The van der Waals surface area contributed by atoms with Crippen molar-refractivity contribution >= 4 is 5.97 Å². The van der Waals surface area contributed by atoms with E-state index in [0.717, 1.165) is 5.56 Å². The quantitative estimate of drug-likeness (QED) is 0.403. The second-order valence-corrected chi connectivity index (χ2v) is 4.96. The van der Waals surface area contributed by atoms with Gasteiger partial charge in [0.2, 0.25) is 0 Å². The molecular formula is C20H35FO6. The van der Waals surface area contributed by atoms with E-state index in [-0.39, 0.29) is 18.2 Å². The highest BCUT2D eigenvalue weighted by Gasteiger charge is 1.98. The largest absolute Gasteiger partial charge is 0.469 e. The number of ether oxygens (including phenoxy) is 5. The van der Waals surface area contributed by atoms with Crippen LogP contribution in [0.25, 0.3) is 0 Å². The summed E-state index contributed by atoms with van der Waals surface area (Å²) in [5.74, 6) is -0.428. The van der Waals surface area contributed by atoms with Crippen LogP contribution in [0.5, 0.6) is 0 Å². The van der Waals surface area contributed by atoms with Gasteiger partial charge in [0, 0.05) is 7.11 Å². The minimum absolute atomic E-state index is 0.162. The zero-order valence-corrected chi connectivity index (χ0v) is 17.3. The lowest BCUT2D eigenvalue weighted by Gasteiger charge is -2.06. The Hall–Kier alpha value is -1.54. The fourth-order valence-electron chi connectivity index (χ4n) is 1.55. The maximum absolute atomic E-state index is 12.2. The lowest BCUT2D eigenvalue weighted by Crippen LogP contribution is -2.12. The van der Waals surface area contributed by atoms with Gasteiger partial charge in [0.05, 0.1) is 59.8 Å². The normalized spacial score (nSPS) is 9.56. The average molecular weight is 390 g/mol. The molecule has 0 saturated carbocycles. The molecule has 0 N–H and O–H groups in total. The molecule has 1 rings (SSSR count). The predicted octanol–water partition coefficient (Wildman–Crippen LogP) is 3.41. The maximum atomic E-state index is 12.2. The van der Waals surface area contributed by atoms with Gasteiger partial charge in [-0.3, -0.25) is 4.79 Å². The van der Waals surface area contributed by atoms with E-state index in [0.29, 0.717) is 46.2 Å². The monoisotopic (exact) mass is 390 g/mol. The summed E-state index contributed by atoms with van der Waals surface area (Å²) in [6.45, 7) is 9.44. The molecule has 0 bridgehead atoms. The third-order valence-corrected chi connectivity index (χ3v) is 2.83. The van der Waals surface area contributed by atoms with E-state index in [1.807, 2.05) is 26.8 Å². The molecule has 27 heavy (non-hydrogen) atoms. The molecule has 0 aromatic heterocycles. The van der Waals surface area contributed by atoms with Crippen molar-refractivity contribution in [3.05, 3.63) is 35.6 Å². The third-order valence-electron chi connectivity index (χ3n) is 2.83. The van der Waals surface area contributed by atoms with Gasteiger partial charge < -0.3 is 23.7 Å². The van der Waals surface area contributed by atoms with E-state index in [1.54, 1.807) is 13.2 Å². The van der Waals surface area contributed by atoms with E-state index >= 15 is 0 Å². The summed E-state index contributed by atoms with van der Waals surface area (Å²) < 4.78 is 37.1. The number of rotatable bonds is 12. The van der Waals surface area contributed by atoms with Crippen molar-refractivity contribution in [2.75, 3.05) is 60.5 Å². The highest BCUT2D eigenvalue weighted by atomic mass is 19.1. The highest BCUT2D eigenvalue weighted by Crippen LogP contribution is 1.99. The van der Waals surface area contributed by atoms with E-state index in [9.17, 15) is 9.18 Å². The van der Waals surface area contributed by atoms with Gasteiger partial charge in [-0.05, 0) is 24.6 Å². The molecule has 0 aliphatic rings. The van der Waals surface area contributed by atoms with Gasteiger partial charge in [0.1, 0.15) is 5.82 Å². The van der Waals surface area contributed by atoms with E-state index in [1.165, 1.54) is 19.2 Å². The van der Waals surface area contributed by atoms with Gasteiger partial charge in [-0.25, -0.2) is 4.39 Å². The second-order valence-electron chi connectivity index (χ2n) is 4.96. The van der Waals surface area contributed by atoms with Crippen LogP contribution < -0.4 is 0 Å². The Kier molecular flexibility index (Phi) is 23.1. The number of hydrogen-bond acceptors (Lipinski definition) is 6. The lowest BCUT2D eigenvalue weighted by molar-refractivity contribution is -0.141. The first-order chi connectivity index (χ1) is 13.1. The standard InChI is InChI=1S/C11H22O6.C7H7F.C2H6/c1-13-5-6-16-9-10-17-8-7-15-4-3-11(12)14-2;1-6-3-2-4-7(8)5-6;1-2/h3-10H2,1-2H3;2-5H,1H3;1-2H3. The van der Waals surface area contributed by atoms with Gasteiger partial charge >= 0.3 is 5.97 Å². The van der Waals surface area contributed by atoms with E-state index in [4.69, 9.17) is 18.9 Å². The molecule has 0 saturated heterocycles. The van der Waals surface area contributed by atoms with Crippen molar-refractivity contribution in [3.63, 3.8) is 0 Å². The van der Waals surface area contributed by atoms with Gasteiger partial charge in [0.25, 0.3) is 0 Å². The minimum Gasteiger partial charge on any atom is -0.469 e. The van der Waals surface area contributed by atoms with Crippen molar-refractivity contribution in [2.24, 2.45) is 0 Å². The molecule has 1 aromatic carbocycles. The van der Waals surface area contributed by atoms with Crippen LogP contribution in [0.15, 0.2) is 24.3 Å². The van der Waals surface area contributed by atoms with Crippen molar-refractivity contribution < 1.29 is 32.9 Å². The molecule has 0 fully saturated rings. The predicted molar refractivity (Wildman–Crippen MR) is 103 cm³/mol. The van der Waals surface area contributed by atoms with Crippen LogP contribution in [0.2, 0.25) is 0 Å². The molecule has 0 radical (unpaired) electrons. The molecule has 0 heterocycles. The number of aryl methyl sites for hydroxylation is 1. The summed E-state index contributed by atoms with van der Waals surface area (Å²) in [6, 6.07) is 6.50. The molecule has 1 aromatic rings. The first kappa shape index (κ1) is 27.7. The van der Waals surface area contributed by atoms with Crippen LogP contribution >= 0.6 is 0 Å². The van der Waals surface area contributed by atoms with E-state index < -0.39 is 0 Å². The Balaban J connectivity index is 0. The molecule has 0 unspecified atom stereocenters. The number of carbonyl (C=O) groups is 1. The number of benzene rings is 1. The Morgan fingerprint density at radius 3 is 1.81 bits per heavy atom. The number of halogens is 1. The topological polar surface area (TPSA) is 63.2 Å². The Morgan fingerprint density at radius 2 is 1.41 bits per heavy atom. The lowest BCUT2D eigenvalue weighted by atomic mass is 10.2. The summed E-state index contributed by atoms with van der Waals surface area (Å²) in [5, 5.41) is 0. The number of methoxy groups -OCH3 is 2. The third kappa shape index (κ3) is 22.4. The molecule has 0 spiro atoms. The van der Waals surface area contributed by atoms with Crippen molar-refractivity contribution in [3.8, 4) is 0 Å². The summed E-state index contributed by atoms with van der Waals surface area (Å²) >= 11 is 0. The molecule has 6 nitrogen and oxygen atoms in total. The highest BCUT2D eigenvalue weighted by molar-refractivity contribution is 5.69. The molecule has 158 valence electrons. The molecule has 0 aliphatic heterocycles. The fraction of sp³-hybridized carbons (Fsp3) is 0.650. The van der Waals surface area contributed by atoms with Crippen molar-refractivity contribution in [1.29, 1.82) is 0 Å². The zero-order valence-electron chi connectivity index (χ0n) is 17.3. The van der Waals surface area contributed by atoms with Crippen LogP contribution in [-0.4, -0.2) is 66.4 Å². The van der Waals surface area contributed by atoms with Crippen molar-refractivity contribution in [2.45, 2.75) is 27.2 Å². The number of esters is 1. The summed E-state index contributed by atoms with van der Waals surface area (Å²) in [7, 11) is 2.99. The molecule has 7 heteroatoms. The first-order valence-corrected chi connectivity index (χ1v) is 9.11. The van der Waals surface area contributed by atoms with E-state index in [2.05, 4.69) is 4.74 Å². The second kappa shape index (κ2) is 22.5. The Bertz CT molecular complexity index is 425. The van der Waals surface area contributed by atoms with Crippen LogP contribution in [-0.2, 0) is 28.5 Å². The summed E-state index contributed by atoms with van der Waals surface area (Å²) in [5.41, 5.74) is 0.963. The maximum Gasteiger partial charge on any atom is 0.307 e. The number of carbonyl (C=O) groups excluding carboxylic acids is 1. The van der Waals surface area contributed by atoms with Crippen LogP contribution in [0.1, 0.15) is 25.8 Å². The van der Waals surface area contributed by atoms with Crippen LogP contribution in [0.3, 0.4) is 0 Å². The Morgan fingerprint density at radius 1 is 0.889 bits per heavy atom. The minimum atomic E-state index is -0.266. The smallest absolute Gasteiger partial charge is 0.307 e. The van der Waals surface area contributed by atoms with Gasteiger partial charge in [0.15, 0.2) is 0 Å². The van der Waals surface area contributed by atoms with Crippen LogP contribution in [0, 0.1) is 12.7 Å². The van der Waals surface area contributed by atoms with Gasteiger partial charge in [-0.2, -0.15) is 0 Å². The molecule has 0 aliphatic carbocycles. The van der Waals surface area contributed by atoms with Gasteiger partial charge in [-0.1, -0.05) is 26.0 Å². The van der Waals surface area contributed by atoms with Crippen molar-refractivity contribution in [1.82, 2.24) is 0 Å². The fourth-order valence-corrected chi connectivity index (χ4v) is 1.55.